The van der Waals surface area contributed by atoms with E-state index in [0.717, 1.165) is 37.1 Å². The average molecular weight is 1420 g/mol. The van der Waals surface area contributed by atoms with Crippen LogP contribution in [0.3, 0.4) is 0 Å². The van der Waals surface area contributed by atoms with E-state index in [2.05, 4.69) is 385 Å². The summed E-state index contributed by atoms with van der Waals surface area (Å²) in [4.78, 5) is 10.9. The summed E-state index contributed by atoms with van der Waals surface area (Å²) in [6.07, 6.45) is 13.8. The summed E-state index contributed by atoms with van der Waals surface area (Å²) in [5.74, 6) is 0. The number of para-hydroxylation sites is 6. The van der Waals surface area contributed by atoms with Gasteiger partial charge < -0.3 is 19.6 Å². The Bertz CT molecular complexity index is 5680. The maximum atomic E-state index is 2.78. The molecule has 0 N–H and O–H groups in total. The lowest BCUT2D eigenvalue weighted by atomic mass is 9.30. The Morgan fingerprint density at radius 3 is 0.809 bits per heavy atom. The van der Waals surface area contributed by atoms with Crippen molar-refractivity contribution >= 4 is 114 Å². The fourth-order valence-corrected chi connectivity index (χ4v) is 18.7. The van der Waals surface area contributed by atoms with Crippen molar-refractivity contribution in [2.75, 3.05) is 19.6 Å². The highest BCUT2D eigenvalue weighted by Crippen LogP contribution is 2.56. The van der Waals surface area contributed by atoms with Gasteiger partial charge in [0.1, 0.15) is 0 Å². The largest absolute Gasteiger partial charge is 0.311 e. The van der Waals surface area contributed by atoms with Crippen LogP contribution in [0.25, 0.3) is 66.8 Å². The first-order chi connectivity index (χ1) is 54.6. The van der Waals surface area contributed by atoms with Crippen molar-refractivity contribution in [3.8, 4) is 66.8 Å². The van der Waals surface area contributed by atoms with Crippen LogP contribution >= 0.6 is 0 Å². The summed E-state index contributed by atoms with van der Waals surface area (Å²) in [6, 6.07) is 134. The molecular formula is C104H88B2N4. The summed E-state index contributed by atoms with van der Waals surface area (Å²) in [6.45, 7) is 4.26. The van der Waals surface area contributed by atoms with Crippen molar-refractivity contribution in [3.05, 3.63) is 363 Å². The second-order valence-corrected chi connectivity index (χ2v) is 30.4. The van der Waals surface area contributed by atoms with E-state index in [9.17, 15) is 0 Å². The lowest BCUT2D eigenvalue weighted by Gasteiger charge is -2.48. The highest BCUT2D eigenvalue weighted by atomic mass is 15.2. The van der Waals surface area contributed by atoms with Crippen LogP contribution in [0.2, 0.25) is 0 Å². The molecule has 4 heterocycles. The minimum absolute atomic E-state index is 0.183. The second-order valence-electron chi connectivity index (χ2n) is 30.4. The first kappa shape index (κ1) is 68.2. The van der Waals surface area contributed by atoms with E-state index in [1.165, 1.54) is 219 Å². The molecule has 4 aliphatic heterocycles. The number of anilines is 12. The van der Waals surface area contributed by atoms with Crippen LogP contribution in [0.5, 0.6) is 0 Å². The van der Waals surface area contributed by atoms with Crippen LogP contribution in [-0.4, -0.2) is 13.4 Å². The molecule has 0 bridgehead atoms. The number of rotatable bonds is 22. The molecule has 530 valence electrons. The number of aryl methyl sites for hydroxylation is 2. The zero-order valence-electron chi connectivity index (χ0n) is 62.9. The smallest absolute Gasteiger partial charge is 0.252 e. The van der Waals surface area contributed by atoms with Crippen LogP contribution < -0.4 is 52.4 Å². The van der Waals surface area contributed by atoms with E-state index in [0.29, 0.717) is 0 Å². The molecule has 0 saturated carbocycles. The monoisotopic (exact) mass is 1410 g/mol. The van der Waals surface area contributed by atoms with Crippen LogP contribution in [0.1, 0.15) is 89.2 Å². The number of fused-ring (bicyclic) bond motifs is 8. The van der Waals surface area contributed by atoms with E-state index in [-0.39, 0.29) is 13.4 Å². The Labute approximate surface area is 650 Å². The zero-order chi connectivity index (χ0) is 73.4. The molecule has 15 aromatic carbocycles. The average Bonchev–Trinajstić information content (AvgIpc) is 0.680. The van der Waals surface area contributed by atoms with Gasteiger partial charge in [0.25, 0.3) is 13.4 Å². The number of unbranched alkanes of at least 4 members (excludes halogenated alkanes) is 8. The van der Waals surface area contributed by atoms with Crippen molar-refractivity contribution in [2.45, 2.75) is 90.9 Å². The van der Waals surface area contributed by atoms with Gasteiger partial charge in [0, 0.05) is 84.6 Å². The molecule has 15 aromatic rings. The first-order valence-corrected chi connectivity index (χ1v) is 40.3. The summed E-state index contributed by atoms with van der Waals surface area (Å²) >= 11 is 0. The molecule has 0 spiro atoms. The molecule has 0 aliphatic carbocycles. The molecule has 0 aromatic heterocycles. The van der Waals surface area contributed by atoms with Crippen molar-refractivity contribution in [3.63, 3.8) is 0 Å². The third-order valence-electron chi connectivity index (χ3n) is 23.6. The van der Waals surface area contributed by atoms with E-state index < -0.39 is 0 Å². The van der Waals surface area contributed by atoms with E-state index in [1.54, 1.807) is 0 Å². The molecule has 4 aliphatic rings. The number of hydrogen-bond donors (Lipinski definition) is 0. The molecule has 6 heteroatoms. The van der Waals surface area contributed by atoms with Gasteiger partial charge in [-0.1, -0.05) is 362 Å². The molecule has 0 atom stereocenters. The molecule has 0 amide bonds. The van der Waals surface area contributed by atoms with Crippen LogP contribution in [0, 0.1) is 0 Å². The van der Waals surface area contributed by atoms with Crippen LogP contribution in [-0.2, 0) is 12.8 Å². The number of benzene rings is 15. The Morgan fingerprint density at radius 2 is 0.482 bits per heavy atom. The molecule has 0 unspecified atom stereocenters. The predicted molar refractivity (Wildman–Crippen MR) is 472 cm³/mol. The minimum atomic E-state index is -0.210. The first-order valence-electron chi connectivity index (χ1n) is 40.3. The van der Waals surface area contributed by atoms with Gasteiger partial charge in [-0.2, -0.15) is 0 Å². The SMILES string of the molecule is CCCCCCCc1cc2c3c(c1)N(c1c(-c4ccccc4)cccc1-c1ccccc1)c1ccccc1B3c1cc3c(cc1N2c1ccccc1)N(c1c(-c2ccccc2)cccc1-c1ccccc1)c1cc(CCCCCCC)cc2c1B3c1ccccc1N2c1c(-c2ccccc2)cccc1-c1ccccc1. The van der Waals surface area contributed by atoms with Gasteiger partial charge >= 0.3 is 0 Å². The lowest BCUT2D eigenvalue weighted by molar-refractivity contribution is 0.632. The fourth-order valence-electron chi connectivity index (χ4n) is 18.7. The quantitative estimate of drug-likeness (QED) is 0.0495. The Balaban J connectivity index is 0.949. The summed E-state index contributed by atoms with van der Waals surface area (Å²) < 4.78 is 0. The molecule has 0 saturated heterocycles. The van der Waals surface area contributed by atoms with Gasteiger partial charge in [-0.25, -0.2) is 0 Å². The van der Waals surface area contributed by atoms with Gasteiger partial charge in [-0.05, 0) is 158 Å². The van der Waals surface area contributed by atoms with Crippen molar-refractivity contribution in [1.29, 1.82) is 0 Å². The van der Waals surface area contributed by atoms with Crippen LogP contribution in [0.15, 0.2) is 352 Å². The highest BCUT2D eigenvalue weighted by Gasteiger charge is 2.50. The van der Waals surface area contributed by atoms with E-state index in [1.807, 2.05) is 0 Å². The zero-order valence-corrected chi connectivity index (χ0v) is 62.9. The topological polar surface area (TPSA) is 13.0 Å². The third kappa shape index (κ3) is 12.1. The van der Waals surface area contributed by atoms with Crippen LogP contribution in [0.4, 0.5) is 68.2 Å². The maximum Gasteiger partial charge on any atom is 0.252 e. The molecule has 0 fully saturated rings. The molecule has 4 nitrogen and oxygen atoms in total. The third-order valence-corrected chi connectivity index (χ3v) is 23.6. The van der Waals surface area contributed by atoms with E-state index in [4.69, 9.17) is 0 Å². The number of nitrogens with zero attached hydrogens (tertiary/aromatic N) is 4. The molecule has 19 rings (SSSR count). The molecular weight excluding hydrogens is 1330 g/mol. The van der Waals surface area contributed by atoms with Gasteiger partial charge in [-0.15, -0.1) is 0 Å². The Kier molecular flexibility index (Phi) is 18.6. The minimum Gasteiger partial charge on any atom is -0.311 e. The van der Waals surface area contributed by atoms with E-state index >= 15 is 0 Å². The van der Waals surface area contributed by atoms with Crippen molar-refractivity contribution < 1.29 is 0 Å². The van der Waals surface area contributed by atoms with Crippen molar-refractivity contribution in [2.24, 2.45) is 0 Å². The number of hydrogen-bond acceptors (Lipinski definition) is 4. The maximum absolute atomic E-state index is 2.78. The second kappa shape index (κ2) is 30.0. The molecule has 110 heavy (non-hydrogen) atoms. The highest BCUT2D eigenvalue weighted by molar-refractivity contribution is 7.03. The summed E-state index contributed by atoms with van der Waals surface area (Å²) in [5, 5.41) is 0. The van der Waals surface area contributed by atoms with Gasteiger partial charge in [0.05, 0.1) is 17.1 Å². The fraction of sp³-hybridized carbons (Fsp3) is 0.135. The standard InChI is InChI=1S/C104H88B2N4/c1-3-5-7-9-18-41-73-67-96-100-97(68-73)108(102-82(75-43-20-11-21-44-75)57-38-58-83(102)76-45-22-12-23-46-76)92-65-36-34-63-88(92)105(100)90-71-91-95(72-94(90)107(96)81-55-32-17-33-56-81)110(104-86(79-51-28-15-29-52-79)61-40-62-87(104)80-53-30-16-31-54-80)99-70-74(42-19-10-8-6-4-2)69-98-101(99)106(91)89-64-35-37-66-93(89)109(98)103-84(77-47-24-13-25-48-77)59-39-60-85(103)78-49-26-14-27-50-78/h11-17,20-40,43-72H,3-10,18-19,41-42H2,1-2H3. The predicted octanol–water partition coefficient (Wildman–Crippen LogP) is 24.9. The lowest BCUT2D eigenvalue weighted by Crippen LogP contribution is -2.65. The van der Waals surface area contributed by atoms with Crippen molar-refractivity contribution in [1.82, 2.24) is 0 Å². The Hall–Kier alpha value is -12.4. The normalized spacial score (nSPS) is 12.8. The summed E-state index contributed by atoms with van der Waals surface area (Å²) in [5.41, 5.74) is 38.8. The van der Waals surface area contributed by atoms with Gasteiger partial charge in [0.15, 0.2) is 0 Å². The summed E-state index contributed by atoms with van der Waals surface area (Å²) in [7, 11) is 0. The van der Waals surface area contributed by atoms with Gasteiger partial charge in [0.2, 0.25) is 0 Å². The molecule has 0 radical (unpaired) electrons. The Morgan fingerprint density at radius 1 is 0.209 bits per heavy atom. The van der Waals surface area contributed by atoms with Gasteiger partial charge in [-0.3, -0.25) is 0 Å².